The largest absolute Gasteiger partial charge is 0.417 e. The molecule has 2 aromatic rings. The summed E-state index contributed by atoms with van der Waals surface area (Å²) in [7, 11) is 0. The van der Waals surface area contributed by atoms with Gasteiger partial charge in [0.25, 0.3) is 0 Å². The first-order chi connectivity index (χ1) is 9.59. The summed E-state index contributed by atoms with van der Waals surface area (Å²) in [5.74, 6) is 0. The quantitative estimate of drug-likeness (QED) is 0.529. The van der Waals surface area contributed by atoms with E-state index in [0.717, 1.165) is 6.07 Å². The maximum absolute atomic E-state index is 13.0. The van der Waals surface area contributed by atoms with Crippen molar-refractivity contribution in [1.29, 1.82) is 0 Å². The Balaban J connectivity index is 2.63. The van der Waals surface area contributed by atoms with Crippen LogP contribution in [0.5, 0.6) is 0 Å². The number of alkyl halides is 6. The maximum Gasteiger partial charge on any atom is 0.417 e. The molecule has 0 amide bonds. The van der Waals surface area contributed by atoms with Gasteiger partial charge >= 0.3 is 12.4 Å². The molecule has 0 saturated heterocycles. The Morgan fingerprint density at radius 3 is 1.76 bits per heavy atom. The summed E-state index contributed by atoms with van der Waals surface area (Å²) in [6.45, 7) is 0. The third-order valence-corrected chi connectivity index (χ3v) is 3.34. The second-order valence-corrected chi connectivity index (χ2v) is 5.18. The lowest BCUT2D eigenvalue weighted by Crippen LogP contribution is -2.12. The van der Waals surface area contributed by atoms with E-state index in [1.807, 2.05) is 0 Å². The summed E-state index contributed by atoms with van der Waals surface area (Å²) in [5.41, 5.74) is -2.72. The molecule has 7 heteroatoms. The molecule has 0 atom stereocenters. The van der Waals surface area contributed by atoms with Gasteiger partial charge in [-0.25, -0.2) is 0 Å². The van der Waals surface area contributed by atoms with Gasteiger partial charge in [0.15, 0.2) is 0 Å². The van der Waals surface area contributed by atoms with Crippen molar-refractivity contribution in [3.05, 3.63) is 58.1 Å². The van der Waals surface area contributed by atoms with E-state index in [0.29, 0.717) is 10.5 Å². The number of hydrogen-bond donors (Lipinski definition) is 0. The van der Waals surface area contributed by atoms with Crippen molar-refractivity contribution >= 4 is 15.9 Å². The highest BCUT2D eigenvalue weighted by Crippen LogP contribution is 2.40. The van der Waals surface area contributed by atoms with Gasteiger partial charge in [-0.3, -0.25) is 0 Å². The van der Waals surface area contributed by atoms with Crippen LogP contribution in [0.1, 0.15) is 11.1 Å². The van der Waals surface area contributed by atoms with Gasteiger partial charge in [-0.15, -0.1) is 0 Å². The molecular weight excluding hydrogens is 362 g/mol. The van der Waals surface area contributed by atoms with Crippen LogP contribution in [0, 0.1) is 0 Å². The molecule has 0 fully saturated rings. The van der Waals surface area contributed by atoms with Crippen LogP contribution in [0.4, 0.5) is 26.3 Å². The summed E-state index contributed by atoms with van der Waals surface area (Å²) >= 11 is 3.14. The Hall–Kier alpha value is -1.50. The molecule has 112 valence electrons. The summed E-state index contributed by atoms with van der Waals surface area (Å²) in [4.78, 5) is 0. The van der Waals surface area contributed by atoms with Crippen LogP contribution in [0.3, 0.4) is 0 Å². The zero-order valence-electron chi connectivity index (χ0n) is 10.2. The topological polar surface area (TPSA) is 0 Å². The highest BCUT2D eigenvalue weighted by Gasteiger charge is 2.38. The highest BCUT2D eigenvalue weighted by atomic mass is 79.9. The highest BCUT2D eigenvalue weighted by molar-refractivity contribution is 9.10. The van der Waals surface area contributed by atoms with Crippen LogP contribution >= 0.6 is 15.9 Å². The molecule has 0 unspecified atom stereocenters. The minimum absolute atomic E-state index is 0.136. The van der Waals surface area contributed by atoms with Gasteiger partial charge in [-0.2, -0.15) is 26.3 Å². The first-order valence-electron chi connectivity index (χ1n) is 5.63. The molecule has 0 spiro atoms. The van der Waals surface area contributed by atoms with E-state index in [1.165, 1.54) is 24.3 Å². The molecule has 21 heavy (non-hydrogen) atoms. The smallest absolute Gasteiger partial charge is 0.166 e. The summed E-state index contributed by atoms with van der Waals surface area (Å²) in [6.07, 6.45) is -9.69. The van der Waals surface area contributed by atoms with Crippen molar-refractivity contribution in [3.8, 4) is 11.1 Å². The van der Waals surface area contributed by atoms with Crippen LogP contribution in [0.25, 0.3) is 11.1 Å². The zero-order valence-corrected chi connectivity index (χ0v) is 11.8. The molecule has 0 aromatic heterocycles. The minimum Gasteiger partial charge on any atom is -0.166 e. The van der Waals surface area contributed by atoms with Crippen molar-refractivity contribution < 1.29 is 26.3 Å². The third-order valence-electron chi connectivity index (χ3n) is 2.81. The third kappa shape index (κ3) is 3.58. The normalized spacial score (nSPS) is 12.5. The van der Waals surface area contributed by atoms with E-state index >= 15 is 0 Å². The molecule has 0 saturated carbocycles. The van der Waals surface area contributed by atoms with Crippen LogP contribution in [-0.2, 0) is 12.4 Å². The van der Waals surface area contributed by atoms with Gasteiger partial charge in [0.2, 0.25) is 0 Å². The Kier molecular flexibility index (Phi) is 4.06. The van der Waals surface area contributed by atoms with Gasteiger partial charge in [-0.05, 0) is 35.4 Å². The number of hydrogen-bond acceptors (Lipinski definition) is 0. The first kappa shape index (κ1) is 15.9. The van der Waals surface area contributed by atoms with Gasteiger partial charge in [-0.1, -0.05) is 34.1 Å². The van der Waals surface area contributed by atoms with E-state index in [1.54, 1.807) is 0 Å². The number of benzene rings is 2. The lowest BCUT2D eigenvalue weighted by atomic mass is 9.97. The average Bonchev–Trinajstić information content (AvgIpc) is 2.37. The fraction of sp³-hybridized carbons (Fsp3) is 0.143. The molecule has 0 aliphatic heterocycles. The predicted octanol–water partition coefficient (Wildman–Crippen LogP) is 6.15. The van der Waals surface area contributed by atoms with Crippen molar-refractivity contribution in [1.82, 2.24) is 0 Å². The first-order valence-corrected chi connectivity index (χ1v) is 6.43. The van der Waals surface area contributed by atoms with Gasteiger partial charge in [0.05, 0.1) is 11.1 Å². The van der Waals surface area contributed by atoms with Crippen molar-refractivity contribution in [3.63, 3.8) is 0 Å². The zero-order chi connectivity index (χ0) is 15.8. The Labute approximate surface area is 124 Å². The molecule has 0 aliphatic rings. The maximum atomic E-state index is 13.0. The molecular formula is C14H7BrF6. The minimum atomic E-state index is -4.87. The van der Waals surface area contributed by atoms with Crippen LogP contribution in [0.2, 0.25) is 0 Å². The fourth-order valence-electron chi connectivity index (χ4n) is 1.84. The Morgan fingerprint density at radius 1 is 0.714 bits per heavy atom. The Morgan fingerprint density at radius 2 is 1.29 bits per heavy atom. The summed E-state index contributed by atoms with van der Waals surface area (Å²) in [5, 5.41) is 0. The summed E-state index contributed by atoms with van der Waals surface area (Å²) < 4.78 is 77.4. The number of halogens is 7. The standard InChI is InChI=1S/C14H7BrF6/c15-10-4-1-8(2-5-10)11-6-3-9(13(16,17)18)7-12(11)14(19,20)21/h1-7H. The lowest BCUT2D eigenvalue weighted by Gasteiger charge is -2.16. The van der Waals surface area contributed by atoms with E-state index in [-0.39, 0.29) is 17.2 Å². The summed E-state index contributed by atoms with van der Waals surface area (Å²) in [6, 6.07) is 7.48. The SMILES string of the molecule is FC(F)(F)c1ccc(-c2ccc(Br)cc2)c(C(F)(F)F)c1. The van der Waals surface area contributed by atoms with Gasteiger partial charge in [0, 0.05) is 4.47 Å². The van der Waals surface area contributed by atoms with E-state index in [4.69, 9.17) is 0 Å². The van der Waals surface area contributed by atoms with Crippen molar-refractivity contribution in [2.45, 2.75) is 12.4 Å². The van der Waals surface area contributed by atoms with Crippen LogP contribution in [0.15, 0.2) is 46.9 Å². The molecule has 2 aromatic carbocycles. The molecule has 2 rings (SSSR count). The molecule has 0 radical (unpaired) electrons. The molecule has 0 N–H and O–H groups in total. The fourth-order valence-corrected chi connectivity index (χ4v) is 2.10. The second kappa shape index (κ2) is 5.36. The van der Waals surface area contributed by atoms with E-state index < -0.39 is 23.5 Å². The van der Waals surface area contributed by atoms with Gasteiger partial charge in [0.1, 0.15) is 0 Å². The van der Waals surface area contributed by atoms with E-state index in [2.05, 4.69) is 15.9 Å². The van der Waals surface area contributed by atoms with Crippen molar-refractivity contribution in [2.75, 3.05) is 0 Å². The van der Waals surface area contributed by atoms with Crippen molar-refractivity contribution in [2.24, 2.45) is 0 Å². The van der Waals surface area contributed by atoms with Gasteiger partial charge < -0.3 is 0 Å². The second-order valence-electron chi connectivity index (χ2n) is 4.26. The monoisotopic (exact) mass is 368 g/mol. The predicted molar refractivity (Wildman–Crippen MR) is 69.6 cm³/mol. The average molecular weight is 369 g/mol. The molecule has 0 heterocycles. The number of rotatable bonds is 1. The lowest BCUT2D eigenvalue weighted by molar-refractivity contribution is -0.142. The molecule has 0 nitrogen and oxygen atoms in total. The van der Waals surface area contributed by atoms with Crippen LogP contribution < -0.4 is 0 Å². The Bertz CT molecular complexity index is 640. The molecule has 0 aliphatic carbocycles. The van der Waals surface area contributed by atoms with E-state index in [9.17, 15) is 26.3 Å². The molecule has 0 bridgehead atoms. The van der Waals surface area contributed by atoms with Crippen LogP contribution in [-0.4, -0.2) is 0 Å².